The van der Waals surface area contributed by atoms with Crippen molar-refractivity contribution in [2.45, 2.75) is 73.8 Å². The van der Waals surface area contributed by atoms with Crippen molar-refractivity contribution < 1.29 is 58.4 Å². The number of ether oxygens (including phenoxy) is 6. The van der Waals surface area contributed by atoms with Gasteiger partial charge in [0.25, 0.3) is 0 Å². The van der Waals surface area contributed by atoms with Crippen LogP contribution in [0.25, 0.3) is 0 Å². The number of aliphatic hydroxyl groups is 4. The van der Waals surface area contributed by atoms with Crippen molar-refractivity contribution in [2.75, 3.05) is 13.2 Å². The summed E-state index contributed by atoms with van der Waals surface area (Å²) in [7, 11) is 0. The average Bonchev–Trinajstić information content (AvgIpc) is 3.18. The first-order chi connectivity index (χ1) is 20.0. The summed E-state index contributed by atoms with van der Waals surface area (Å²) in [6.45, 7) is 1.12. The monoisotopic (exact) mass is 584 g/mol. The number of rotatable bonds is 8. The van der Waals surface area contributed by atoms with Crippen LogP contribution in [-0.4, -0.2) is 99.6 Å². The van der Waals surface area contributed by atoms with Gasteiger partial charge in [0.15, 0.2) is 18.4 Å². The Balaban J connectivity index is 1.13. The molecule has 42 heavy (non-hydrogen) atoms. The lowest BCUT2D eigenvalue weighted by Crippen LogP contribution is -2.80. The third kappa shape index (κ3) is 3.70. The number of carbonyl (C=O) groups is 2. The molecule has 9 rings (SSSR count). The molecule has 3 saturated carbocycles. The van der Waals surface area contributed by atoms with Gasteiger partial charge < -0.3 is 48.8 Å². The van der Waals surface area contributed by atoms with E-state index in [2.05, 4.69) is 0 Å². The molecular weight excluding hydrogens is 552 g/mol. The quantitative estimate of drug-likeness (QED) is 0.318. The Labute approximate surface area is 240 Å². The second kappa shape index (κ2) is 9.53. The normalized spacial score (nSPS) is 44.5. The van der Waals surface area contributed by atoms with Crippen LogP contribution in [-0.2, 0) is 28.4 Å². The van der Waals surface area contributed by atoms with Crippen LogP contribution in [0.15, 0.2) is 60.7 Å². The molecule has 11 atom stereocenters. The van der Waals surface area contributed by atoms with Crippen LogP contribution in [0.4, 0.5) is 0 Å². The van der Waals surface area contributed by atoms with E-state index >= 15 is 0 Å². The molecule has 0 amide bonds. The fourth-order valence-corrected chi connectivity index (χ4v) is 7.68. The van der Waals surface area contributed by atoms with E-state index in [4.69, 9.17) is 28.4 Å². The lowest BCUT2D eigenvalue weighted by atomic mass is 9.41. The van der Waals surface area contributed by atoms with Crippen molar-refractivity contribution in [2.24, 2.45) is 11.3 Å². The SMILES string of the molecule is C[C@@]12C[C@]3(O)OC(O1)C1(COC(=O)c4ccccc4)[C@H]3C[C@@]12O[C@@H]1O[C@H](COC(=O)c2ccccc2)[C@@H](O)[C@H](O)[C@H]1O. The minimum absolute atomic E-state index is 0.0572. The predicted molar refractivity (Wildman–Crippen MR) is 138 cm³/mol. The van der Waals surface area contributed by atoms with Gasteiger partial charge in [-0.15, -0.1) is 0 Å². The summed E-state index contributed by atoms with van der Waals surface area (Å²) >= 11 is 0. The molecule has 12 nitrogen and oxygen atoms in total. The molecule has 7 fully saturated rings. The van der Waals surface area contributed by atoms with E-state index in [1.54, 1.807) is 67.6 Å². The molecule has 4 saturated heterocycles. The Bertz CT molecular complexity index is 1370. The summed E-state index contributed by atoms with van der Waals surface area (Å²) in [5, 5.41) is 43.6. The lowest BCUT2D eigenvalue weighted by molar-refractivity contribution is -0.424. The van der Waals surface area contributed by atoms with Gasteiger partial charge in [0.1, 0.15) is 48.8 Å². The zero-order valence-electron chi connectivity index (χ0n) is 22.7. The van der Waals surface area contributed by atoms with Crippen molar-refractivity contribution in [1.29, 1.82) is 0 Å². The number of hydrogen-bond donors (Lipinski definition) is 4. The smallest absolute Gasteiger partial charge is 0.338 e. The Morgan fingerprint density at radius 3 is 2.14 bits per heavy atom. The molecule has 4 aliphatic heterocycles. The second-order valence-corrected chi connectivity index (χ2v) is 12.0. The van der Waals surface area contributed by atoms with Gasteiger partial charge in [0, 0.05) is 12.3 Å². The molecule has 4 N–H and O–H groups in total. The maximum atomic E-state index is 12.9. The van der Waals surface area contributed by atoms with Crippen LogP contribution in [0.2, 0.25) is 0 Å². The van der Waals surface area contributed by atoms with Gasteiger partial charge in [-0.25, -0.2) is 9.59 Å². The van der Waals surface area contributed by atoms with E-state index in [1.807, 2.05) is 0 Å². The van der Waals surface area contributed by atoms with Gasteiger partial charge in [-0.3, -0.25) is 0 Å². The van der Waals surface area contributed by atoms with Gasteiger partial charge in [0.2, 0.25) is 0 Å². The van der Waals surface area contributed by atoms with Crippen LogP contribution in [0, 0.1) is 11.3 Å². The maximum Gasteiger partial charge on any atom is 0.338 e. The number of carbonyl (C=O) groups excluding carboxylic acids is 2. The van der Waals surface area contributed by atoms with E-state index < -0.39 is 83.9 Å². The fraction of sp³-hybridized carbons (Fsp3) is 0.533. The van der Waals surface area contributed by atoms with E-state index in [0.717, 1.165) is 0 Å². The van der Waals surface area contributed by atoms with Gasteiger partial charge in [-0.05, 0) is 37.6 Å². The molecule has 0 radical (unpaired) electrons. The molecule has 2 aromatic carbocycles. The summed E-state index contributed by atoms with van der Waals surface area (Å²) in [6.07, 6.45) is -8.34. The van der Waals surface area contributed by atoms with Crippen molar-refractivity contribution in [1.82, 2.24) is 0 Å². The van der Waals surface area contributed by atoms with Gasteiger partial charge in [0.05, 0.1) is 16.5 Å². The summed E-state index contributed by atoms with van der Waals surface area (Å²) in [5.41, 5.74) is -2.88. The van der Waals surface area contributed by atoms with Gasteiger partial charge in [-0.1, -0.05) is 36.4 Å². The number of aliphatic hydroxyl groups excluding tert-OH is 3. The molecular formula is C30H32O12. The van der Waals surface area contributed by atoms with E-state index in [9.17, 15) is 30.0 Å². The minimum Gasteiger partial charge on any atom is -0.461 e. The number of esters is 2. The third-order valence-electron chi connectivity index (χ3n) is 9.78. The fourth-order valence-electron chi connectivity index (χ4n) is 7.68. The predicted octanol–water partition coefficient (Wildman–Crippen LogP) is 0.507. The average molecular weight is 585 g/mol. The highest BCUT2D eigenvalue weighted by molar-refractivity contribution is 5.89. The standard InChI is InChI=1S/C30H32O12/c1-27-14-29(36)19-12-30(27,28(19,26(41-27)42-29)15-38-24(35)17-10-6-3-7-11-17)40-25-22(33)21(32)20(31)18(39-25)13-37-23(34)16-8-4-2-5-9-16/h2-11,18-22,25-26,31-33,36H,12-15H2,1H3/t18-,19-,20-,21+,22-,25+,26?,27+,28?,29+,30+/m1/s1. The number of benzene rings is 2. The molecule has 7 aliphatic rings. The van der Waals surface area contributed by atoms with Gasteiger partial charge in [-0.2, -0.15) is 0 Å². The molecule has 0 spiro atoms. The Hall–Kier alpha value is -2.94. The molecule has 224 valence electrons. The maximum absolute atomic E-state index is 12.9. The van der Waals surface area contributed by atoms with E-state index in [-0.39, 0.29) is 19.4 Å². The van der Waals surface area contributed by atoms with Crippen molar-refractivity contribution in [3.05, 3.63) is 71.8 Å². The first-order valence-electron chi connectivity index (χ1n) is 13.9. The minimum atomic E-state index is -1.69. The molecule has 2 aromatic rings. The third-order valence-corrected chi connectivity index (χ3v) is 9.78. The highest BCUT2D eigenvalue weighted by Crippen LogP contribution is 2.81. The largest absolute Gasteiger partial charge is 0.461 e. The second-order valence-electron chi connectivity index (χ2n) is 12.0. The summed E-state index contributed by atoms with van der Waals surface area (Å²) in [6, 6.07) is 16.7. The first-order valence-corrected chi connectivity index (χ1v) is 13.9. The van der Waals surface area contributed by atoms with Crippen LogP contribution >= 0.6 is 0 Å². The highest BCUT2D eigenvalue weighted by atomic mass is 16.8. The summed E-state index contributed by atoms with van der Waals surface area (Å²) < 4.78 is 35.7. The Kier molecular flexibility index (Phi) is 6.32. The molecule has 3 aliphatic carbocycles. The summed E-state index contributed by atoms with van der Waals surface area (Å²) in [4.78, 5) is 25.4. The molecule has 2 unspecified atom stereocenters. The van der Waals surface area contributed by atoms with Gasteiger partial charge >= 0.3 is 11.9 Å². The van der Waals surface area contributed by atoms with E-state index in [1.165, 1.54) is 0 Å². The molecule has 12 heteroatoms. The van der Waals surface area contributed by atoms with Crippen LogP contribution in [0.1, 0.15) is 40.5 Å². The molecule has 6 bridgehead atoms. The lowest BCUT2D eigenvalue weighted by Gasteiger charge is -2.67. The highest BCUT2D eigenvalue weighted by Gasteiger charge is 2.94. The first kappa shape index (κ1) is 27.9. The van der Waals surface area contributed by atoms with Crippen molar-refractivity contribution >= 4 is 11.9 Å². The summed E-state index contributed by atoms with van der Waals surface area (Å²) in [5.74, 6) is -3.25. The topological polar surface area (TPSA) is 170 Å². The van der Waals surface area contributed by atoms with Crippen molar-refractivity contribution in [3.63, 3.8) is 0 Å². The zero-order chi connectivity index (χ0) is 29.5. The van der Waals surface area contributed by atoms with Crippen LogP contribution < -0.4 is 0 Å². The van der Waals surface area contributed by atoms with E-state index in [0.29, 0.717) is 11.1 Å². The Morgan fingerprint density at radius 1 is 0.881 bits per heavy atom. The molecule has 0 aromatic heterocycles. The Morgan fingerprint density at radius 2 is 1.50 bits per heavy atom. The van der Waals surface area contributed by atoms with Crippen LogP contribution in [0.3, 0.4) is 0 Å². The number of hydrogen-bond acceptors (Lipinski definition) is 12. The van der Waals surface area contributed by atoms with Crippen LogP contribution in [0.5, 0.6) is 0 Å². The zero-order valence-corrected chi connectivity index (χ0v) is 22.7. The molecule has 4 heterocycles. The van der Waals surface area contributed by atoms with Crippen molar-refractivity contribution in [3.8, 4) is 0 Å².